The highest BCUT2D eigenvalue weighted by atomic mass is 16.2. The highest BCUT2D eigenvalue weighted by Gasteiger charge is 2.20. The molecular weight excluding hydrogens is 350 g/mol. The Morgan fingerprint density at radius 3 is 2.64 bits per heavy atom. The monoisotopic (exact) mass is 373 g/mol. The molecule has 1 amide bonds. The Labute approximate surface area is 163 Å². The Morgan fingerprint density at radius 1 is 1.18 bits per heavy atom. The van der Waals surface area contributed by atoms with Crippen molar-refractivity contribution in [3.05, 3.63) is 78.0 Å². The van der Waals surface area contributed by atoms with E-state index in [1.54, 1.807) is 11.0 Å². The zero-order chi connectivity index (χ0) is 19.7. The van der Waals surface area contributed by atoms with E-state index in [-0.39, 0.29) is 11.9 Å². The first-order valence-electron chi connectivity index (χ1n) is 9.31. The van der Waals surface area contributed by atoms with Crippen LogP contribution in [0.2, 0.25) is 0 Å². The normalized spacial score (nSPS) is 12.2. The summed E-state index contributed by atoms with van der Waals surface area (Å²) in [4.78, 5) is 22.1. The van der Waals surface area contributed by atoms with Crippen molar-refractivity contribution in [3.8, 4) is 5.69 Å². The topological polar surface area (TPSA) is 66.8 Å². The summed E-state index contributed by atoms with van der Waals surface area (Å²) in [5, 5.41) is 5.25. The molecule has 6 nitrogen and oxygen atoms in total. The fourth-order valence-corrected chi connectivity index (χ4v) is 3.53. The predicted molar refractivity (Wildman–Crippen MR) is 109 cm³/mol. The fraction of sp³-hybridized carbons (Fsp3) is 0.227. The quantitative estimate of drug-likeness (QED) is 0.578. The number of fused-ring (bicyclic) bond motifs is 1. The third-order valence-electron chi connectivity index (χ3n) is 5.39. The van der Waals surface area contributed by atoms with Gasteiger partial charge in [0.1, 0.15) is 12.7 Å². The number of para-hydroxylation sites is 1. The number of carbonyl (C=O) groups excluding carboxylic acids is 1. The molecule has 0 saturated carbocycles. The van der Waals surface area contributed by atoms with Crippen molar-refractivity contribution in [1.29, 1.82) is 0 Å². The van der Waals surface area contributed by atoms with Crippen LogP contribution in [0, 0.1) is 6.92 Å². The number of nitrogens with zero attached hydrogens (tertiary/aromatic N) is 4. The van der Waals surface area contributed by atoms with Crippen molar-refractivity contribution in [3.63, 3.8) is 0 Å². The van der Waals surface area contributed by atoms with E-state index in [2.05, 4.69) is 21.1 Å². The standard InChI is InChI=1S/C22H23N5O/c1-15-20(19-6-4-5-7-21(19)25-15)12-22(28)26(3)16(2)17-8-10-18(11-9-17)27-14-23-13-24-27/h4-11,13-14,16,25H,12H2,1-3H3. The lowest BCUT2D eigenvalue weighted by Crippen LogP contribution is -2.31. The smallest absolute Gasteiger partial charge is 0.227 e. The third-order valence-corrected chi connectivity index (χ3v) is 5.39. The Morgan fingerprint density at radius 2 is 1.93 bits per heavy atom. The number of aromatic amines is 1. The molecule has 2 aromatic carbocycles. The Bertz CT molecular complexity index is 1100. The van der Waals surface area contributed by atoms with Crippen LogP contribution in [0.4, 0.5) is 0 Å². The molecule has 28 heavy (non-hydrogen) atoms. The van der Waals surface area contributed by atoms with Gasteiger partial charge in [-0.3, -0.25) is 4.79 Å². The average Bonchev–Trinajstić information content (AvgIpc) is 3.36. The molecule has 6 heteroatoms. The van der Waals surface area contributed by atoms with Gasteiger partial charge in [-0.25, -0.2) is 9.67 Å². The van der Waals surface area contributed by atoms with Crippen LogP contribution in [-0.4, -0.2) is 37.6 Å². The largest absolute Gasteiger partial charge is 0.358 e. The predicted octanol–water partition coefficient (Wildman–Crippen LogP) is 3.82. The van der Waals surface area contributed by atoms with Gasteiger partial charge in [0, 0.05) is 23.6 Å². The first-order chi connectivity index (χ1) is 13.5. The molecule has 1 unspecified atom stereocenters. The zero-order valence-electron chi connectivity index (χ0n) is 16.3. The minimum Gasteiger partial charge on any atom is -0.358 e. The van der Waals surface area contributed by atoms with Crippen LogP contribution in [0.3, 0.4) is 0 Å². The second-order valence-electron chi connectivity index (χ2n) is 7.06. The molecule has 0 radical (unpaired) electrons. The molecule has 4 aromatic rings. The van der Waals surface area contributed by atoms with Crippen LogP contribution >= 0.6 is 0 Å². The first kappa shape index (κ1) is 18.0. The summed E-state index contributed by atoms with van der Waals surface area (Å²) in [6.45, 7) is 4.07. The van der Waals surface area contributed by atoms with Gasteiger partial charge in [0.15, 0.2) is 0 Å². The Kier molecular flexibility index (Phi) is 4.69. The van der Waals surface area contributed by atoms with Crippen molar-refractivity contribution >= 4 is 16.8 Å². The molecule has 1 atom stereocenters. The number of hydrogen-bond acceptors (Lipinski definition) is 3. The van der Waals surface area contributed by atoms with Crippen molar-refractivity contribution in [2.24, 2.45) is 0 Å². The summed E-state index contributed by atoms with van der Waals surface area (Å²) in [6.07, 6.45) is 3.56. The Hall–Kier alpha value is -3.41. The van der Waals surface area contributed by atoms with Gasteiger partial charge in [0.25, 0.3) is 0 Å². The zero-order valence-corrected chi connectivity index (χ0v) is 16.3. The molecule has 0 spiro atoms. The molecule has 1 N–H and O–H groups in total. The molecule has 2 heterocycles. The minimum absolute atomic E-state index is 0.0252. The second-order valence-corrected chi connectivity index (χ2v) is 7.06. The second kappa shape index (κ2) is 7.31. The Balaban J connectivity index is 1.51. The van der Waals surface area contributed by atoms with Crippen molar-refractivity contribution in [1.82, 2.24) is 24.6 Å². The number of hydrogen-bond donors (Lipinski definition) is 1. The number of nitrogens with one attached hydrogen (secondary N) is 1. The van der Waals surface area contributed by atoms with Gasteiger partial charge < -0.3 is 9.88 Å². The lowest BCUT2D eigenvalue weighted by molar-refractivity contribution is -0.131. The van der Waals surface area contributed by atoms with Crippen molar-refractivity contribution < 1.29 is 4.79 Å². The summed E-state index contributed by atoms with van der Waals surface area (Å²) in [6, 6.07) is 16.1. The molecule has 0 aliphatic carbocycles. The number of rotatable bonds is 5. The molecule has 0 fully saturated rings. The fourth-order valence-electron chi connectivity index (χ4n) is 3.53. The maximum absolute atomic E-state index is 13.0. The third kappa shape index (κ3) is 3.29. The van der Waals surface area contributed by atoms with E-state index in [1.807, 2.05) is 68.3 Å². The molecule has 0 saturated heterocycles. The number of H-pyrrole nitrogens is 1. The summed E-state index contributed by atoms with van der Waals surface area (Å²) in [5.41, 5.74) is 5.21. The van der Waals surface area contributed by atoms with Gasteiger partial charge in [-0.1, -0.05) is 30.3 Å². The van der Waals surface area contributed by atoms with Crippen LogP contribution in [0.5, 0.6) is 0 Å². The highest BCUT2D eigenvalue weighted by molar-refractivity contribution is 5.90. The maximum Gasteiger partial charge on any atom is 0.227 e. The van der Waals surface area contributed by atoms with Crippen LogP contribution in [0.25, 0.3) is 16.6 Å². The van der Waals surface area contributed by atoms with Crippen LogP contribution in [-0.2, 0) is 11.2 Å². The summed E-state index contributed by atoms with van der Waals surface area (Å²) in [5.74, 6) is 0.0979. The van der Waals surface area contributed by atoms with Gasteiger partial charge in [-0.15, -0.1) is 0 Å². The molecule has 0 aliphatic rings. The number of likely N-dealkylation sites (N-methyl/N-ethyl adjacent to an activating group) is 1. The van der Waals surface area contributed by atoms with Gasteiger partial charge in [-0.2, -0.15) is 5.10 Å². The highest BCUT2D eigenvalue weighted by Crippen LogP contribution is 2.25. The lowest BCUT2D eigenvalue weighted by Gasteiger charge is -2.25. The number of carbonyl (C=O) groups is 1. The molecular formula is C22H23N5O. The minimum atomic E-state index is -0.0252. The van der Waals surface area contributed by atoms with E-state index in [0.717, 1.165) is 33.4 Å². The average molecular weight is 373 g/mol. The number of benzene rings is 2. The number of aromatic nitrogens is 4. The van der Waals surface area contributed by atoms with E-state index in [4.69, 9.17) is 0 Å². The number of aryl methyl sites for hydroxylation is 1. The summed E-state index contributed by atoms with van der Waals surface area (Å²) in [7, 11) is 1.86. The van der Waals surface area contributed by atoms with E-state index in [9.17, 15) is 4.79 Å². The van der Waals surface area contributed by atoms with Crippen LogP contribution in [0.1, 0.15) is 29.8 Å². The molecule has 2 aromatic heterocycles. The van der Waals surface area contributed by atoms with Gasteiger partial charge in [0.2, 0.25) is 5.91 Å². The van der Waals surface area contributed by atoms with E-state index in [1.165, 1.54) is 6.33 Å². The molecule has 142 valence electrons. The van der Waals surface area contributed by atoms with E-state index < -0.39 is 0 Å². The first-order valence-corrected chi connectivity index (χ1v) is 9.31. The maximum atomic E-state index is 13.0. The summed E-state index contributed by atoms with van der Waals surface area (Å²) < 4.78 is 1.71. The van der Waals surface area contributed by atoms with Crippen LogP contribution in [0.15, 0.2) is 61.2 Å². The molecule has 4 rings (SSSR count). The number of amides is 1. The van der Waals surface area contributed by atoms with Crippen molar-refractivity contribution in [2.75, 3.05) is 7.05 Å². The summed E-state index contributed by atoms with van der Waals surface area (Å²) >= 11 is 0. The van der Waals surface area contributed by atoms with E-state index in [0.29, 0.717) is 6.42 Å². The van der Waals surface area contributed by atoms with Gasteiger partial charge in [0.05, 0.1) is 18.2 Å². The lowest BCUT2D eigenvalue weighted by atomic mass is 10.0. The van der Waals surface area contributed by atoms with Crippen molar-refractivity contribution in [2.45, 2.75) is 26.3 Å². The van der Waals surface area contributed by atoms with Gasteiger partial charge >= 0.3 is 0 Å². The van der Waals surface area contributed by atoms with Crippen LogP contribution < -0.4 is 0 Å². The van der Waals surface area contributed by atoms with E-state index >= 15 is 0 Å². The van der Waals surface area contributed by atoms with Gasteiger partial charge in [-0.05, 0) is 43.2 Å². The molecule has 0 bridgehead atoms. The SMILES string of the molecule is Cc1[nH]c2ccccc2c1CC(=O)N(C)C(C)c1ccc(-n2cncn2)cc1. The molecule has 0 aliphatic heterocycles.